The number of aliphatic hydroxyl groups excluding tert-OH is 1. The number of rotatable bonds is 5. The number of ether oxygens (including phenoxy) is 1. The Morgan fingerprint density at radius 1 is 1.26 bits per heavy atom. The van der Waals surface area contributed by atoms with Crippen LogP contribution in [-0.2, 0) is 4.74 Å². The van der Waals surface area contributed by atoms with Gasteiger partial charge < -0.3 is 25.0 Å². The van der Waals surface area contributed by atoms with Crippen molar-refractivity contribution in [2.24, 2.45) is 0 Å². The molecular formula is C23H24FN7O3. The van der Waals surface area contributed by atoms with E-state index in [2.05, 4.69) is 20.7 Å². The number of carbonyl (C=O) groups is 1. The molecule has 0 spiro atoms. The van der Waals surface area contributed by atoms with Crippen molar-refractivity contribution in [2.75, 3.05) is 25.6 Å². The first kappa shape index (κ1) is 21.0. The van der Waals surface area contributed by atoms with Gasteiger partial charge in [-0.05, 0) is 25.0 Å². The van der Waals surface area contributed by atoms with Crippen molar-refractivity contribution in [3.8, 4) is 22.6 Å². The minimum absolute atomic E-state index is 0.217. The molecule has 5 heterocycles. The summed E-state index contributed by atoms with van der Waals surface area (Å²) in [5, 5.41) is 20.5. The van der Waals surface area contributed by atoms with Gasteiger partial charge in [0.1, 0.15) is 29.5 Å². The van der Waals surface area contributed by atoms with Crippen molar-refractivity contribution in [2.45, 2.75) is 37.2 Å². The van der Waals surface area contributed by atoms with Gasteiger partial charge in [0.05, 0.1) is 37.2 Å². The molecule has 4 atom stereocenters. The number of halogens is 1. The molecule has 0 bridgehead atoms. The highest BCUT2D eigenvalue weighted by Crippen LogP contribution is 2.36. The second-order valence-corrected chi connectivity index (χ2v) is 8.74. The molecule has 1 amide bonds. The molecule has 34 heavy (non-hydrogen) atoms. The Balaban J connectivity index is 1.41. The summed E-state index contributed by atoms with van der Waals surface area (Å²) >= 11 is 0. The summed E-state index contributed by atoms with van der Waals surface area (Å²) < 4.78 is 22.6. The van der Waals surface area contributed by atoms with Gasteiger partial charge in [0.15, 0.2) is 5.65 Å². The summed E-state index contributed by atoms with van der Waals surface area (Å²) in [5.41, 5.74) is 2.91. The van der Waals surface area contributed by atoms with Gasteiger partial charge >= 0.3 is 0 Å². The molecule has 3 aliphatic heterocycles. The smallest absolute Gasteiger partial charge is 0.257 e. The lowest BCUT2D eigenvalue weighted by atomic mass is 9.90. The third-order valence-electron chi connectivity index (χ3n) is 6.73. The number of aromatic nitrogens is 5. The number of aliphatic hydroxyl groups is 1. The zero-order valence-corrected chi connectivity index (χ0v) is 18.5. The Morgan fingerprint density at radius 3 is 2.85 bits per heavy atom. The van der Waals surface area contributed by atoms with Gasteiger partial charge in [-0.2, -0.15) is 9.61 Å². The molecule has 11 heteroatoms. The van der Waals surface area contributed by atoms with Crippen LogP contribution in [0.4, 0.5) is 10.2 Å². The van der Waals surface area contributed by atoms with E-state index in [1.165, 1.54) is 6.20 Å². The molecule has 1 saturated heterocycles. The SMILES string of the molecule is CNc1cc(-c2cnc3n([C@H]4COC[C@@H]4O)cccc2-3)nc2c(C(=O)N[C@H]3CC[C@@H]3F)cnn12. The van der Waals surface area contributed by atoms with Gasteiger partial charge in [-0.3, -0.25) is 4.79 Å². The zero-order valence-electron chi connectivity index (χ0n) is 18.5. The average molecular weight is 465 g/mol. The van der Waals surface area contributed by atoms with E-state index in [-0.39, 0.29) is 11.6 Å². The molecule has 1 aliphatic carbocycles. The van der Waals surface area contributed by atoms with Gasteiger partial charge in [-0.15, -0.1) is 0 Å². The van der Waals surface area contributed by atoms with E-state index in [1.807, 2.05) is 29.0 Å². The second-order valence-electron chi connectivity index (χ2n) is 8.74. The summed E-state index contributed by atoms with van der Waals surface area (Å²) in [6.45, 7) is 0.706. The predicted molar refractivity (Wildman–Crippen MR) is 122 cm³/mol. The zero-order chi connectivity index (χ0) is 23.4. The molecule has 2 fully saturated rings. The average Bonchev–Trinajstić information content (AvgIpc) is 3.58. The number of nitrogens with one attached hydrogen (secondary N) is 2. The highest BCUT2D eigenvalue weighted by atomic mass is 19.1. The van der Waals surface area contributed by atoms with E-state index < -0.39 is 24.2 Å². The first-order valence-electron chi connectivity index (χ1n) is 11.3. The molecule has 10 nitrogen and oxygen atoms in total. The summed E-state index contributed by atoms with van der Waals surface area (Å²) in [4.78, 5) is 22.2. The molecule has 0 unspecified atom stereocenters. The Bertz CT molecular complexity index is 1350. The maximum atomic E-state index is 13.7. The number of anilines is 1. The van der Waals surface area contributed by atoms with Crippen LogP contribution in [0.15, 0.2) is 36.8 Å². The van der Waals surface area contributed by atoms with Crippen LogP contribution in [0.3, 0.4) is 0 Å². The van der Waals surface area contributed by atoms with Gasteiger partial charge in [0.2, 0.25) is 0 Å². The third kappa shape index (κ3) is 3.23. The van der Waals surface area contributed by atoms with E-state index in [1.54, 1.807) is 17.8 Å². The standard InChI is InChI=1S/C23H24FN7O3/c1-25-20-7-17(28-22-14(9-27-31(20)22)23(33)29-16-5-4-15(16)24)13-8-26-21-12(13)3-2-6-30(21)18-10-34-11-19(18)32/h2-3,6-9,15-16,18-19,25,32H,4-5,10-11H2,1H3,(H,29,33)/t15-,16-,18-,19-/m0/s1. The van der Waals surface area contributed by atoms with Crippen LogP contribution in [-0.4, -0.2) is 73.7 Å². The Kier molecular flexibility index (Phi) is 4.96. The molecule has 176 valence electrons. The first-order chi connectivity index (χ1) is 16.5. The maximum Gasteiger partial charge on any atom is 0.257 e. The number of alkyl halides is 1. The number of nitrogens with zero attached hydrogens (tertiary/aromatic N) is 5. The molecule has 6 rings (SSSR count). The summed E-state index contributed by atoms with van der Waals surface area (Å²) in [5.74, 6) is 0.960. The fourth-order valence-electron chi connectivity index (χ4n) is 4.63. The van der Waals surface area contributed by atoms with Gasteiger partial charge in [-0.25, -0.2) is 14.4 Å². The number of amides is 1. The molecule has 0 radical (unpaired) electrons. The third-order valence-corrected chi connectivity index (χ3v) is 6.73. The van der Waals surface area contributed by atoms with Crippen molar-refractivity contribution in [3.63, 3.8) is 0 Å². The minimum Gasteiger partial charge on any atom is -0.388 e. The highest BCUT2D eigenvalue weighted by Gasteiger charge is 2.33. The Hall–Kier alpha value is -3.57. The highest BCUT2D eigenvalue weighted by molar-refractivity contribution is 6.00. The molecule has 2 aromatic rings. The fourth-order valence-corrected chi connectivity index (χ4v) is 4.63. The number of fused-ring (bicyclic) bond motifs is 2. The lowest BCUT2D eigenvalue weighted by Gasteiger charge is -2.30. The van der Waals surface area contributed by atoms with Crippen LogP contribution in [0.2, 0.25) is 0 Å². The largest absolute Gasteiger partial charge is 0.388 e. The van der Waals surface area contributed by atoms with Crippen LogP contribution in [0.25, 0.3) is 28.3 Å². The van der Waals surface area contributed by atoms with E-state index >= 15 is 0 Å². The minimum atomic E-state index is -1.01. The molecule has 4 aliphatic rings. The van der Waals surface area contributed by atoms with Crippen LogP contribution in [0, 0.1) is 0 Å². The summed E-state index contributed by atoms with van der Waals surface area (Å²) in [6.07, 6.45) is 4.54. The topological polar surface area (TPSA) is 119 Å². The number of carbonyl (C=O) groups excluding carboxylic acids is 1. The monoisotopic (exact) mass is 465 g/mol. The van der Waals surface area contributed by atoms with Crippen molar-refractivity contribution in [3.05, 3.63) is 42.4 Å². The molecule has 1 saturated carbocycles. The van der Waals surface area contributed by atoms with Crippen LogP contribution in [0.1, 0.15) is 29.2 Å². The van der Waals surface area contributed by atoms with Crippen LogP contribution < -0.4 is 10.6 Å². The normalized spacial score (nSPS) is 24.4. The number of hydrogen-bond acceptors (Lipinski definition) is 7. The van der Waals surface area contributed by atoms with Crippen LogP contribution in [0.5, 0.6) is 0 Å². The van der Waals surface area contributed by atoms with E-state index in [9.17, 15) is 14.3 Å². The van der Waals surface area contributed by atoms with Crippen molar-refractivity contribution >= 4 is 17.4 Å². The Labute approximate surface area is 194 Å². The predicted octanol–water partition coefficient (Wildman–Crippen LogP) is 1.90. The number of hydrogen-bond donors (Lipinski definition) is 3. The first-order valence-corrected chi connectivity index (χ1v) is 11.3. The van der Waals surface area contributed by atoms with E-state index in [0.29, 0.717) is 49.0 Å². The fraction of sp³-hybridized carbons (Fsp3) is 0.391. The van der Waals surface area contributed by atoms with E-state index in [0.717, 1.165) is 11.1 Å². The molecular weight excluding hydrogens is 441 g/mol. The van der Waals surface area contributed by atoms with Crippen molar-refractivity contribution in [1.29, 1.82) is 0 Å². The van der Waals surface area contributed by atoms with Crippen molar-refractivity contribution < 1.29 is 19.0 Å². The summed E-state index contributed by atoms with van der Waals surface area (Å²) in [7, 11) is 1.76. The Morgan fingerprint density at radius 2 is 2.15 bits per heavy atom. The van der Waals surface area contributed by atoms with Gasteiger partial charge in [0.25, 0.3) is 5.91 Å². The lowest BCUT2D eigenvalue weighted by molar-refractivity contribution is 0.0826. The van der Waals surface area contributed by atoms with Crippen molar-refractivity contribution in [1.82, 2.24) is 29.5 Å². The molecule has 3 N–H and O–H groups in total. The maximum absolute atomic E-state index is 13.7. The van der Waals surface area contributed by atoms with Crippen LogP contribution >= 0.6 is 0 Å². The molecule has 0 aromatic carbocycles. The molecule has 2 aromatic heterocycles. The van der Waals surface area contributed by atoms with Gasteiger partial charge in [0, 0.05) is 36.6 Å². The quantitative estimate of drug-likeness (QED) is 0.412. The van der Waals surface area contributed by atoms with E-state index in [4.69, 9.17) is 9.72 Å². The second kappa shape index (κ2) is 8.03. The summed E-state index contributed by atoms with van der Waals surface area (Å²) in [6, 6.07) is 5.00. The van der Waals surface area contributed by atoms with Gasteiger partial charge in [-0.1, -0.05) is 0 Å². The lowest BCUT2D eigenvalue weighted by Crippen LogP contribution is -2.48. The number of pyridine rings is 1.